The Balaban J connectivity index is 1.66. The van der Waals surface area contributed by atoms with Crippen molar-refractivity contribution in [1.29, 1.82) is 5.26 Å². The Morgan fingerprint density at radius 2 is 1.91 bits per heavy atom. The van der Waals surface area contributed by atoms with Gasteiger partial charge in [-0.05, 0) is 29.0 Å². The molecule has 0 spiro atoms. The number of nitrogens with one attached hydrogen (secondary N) is 1. The van der Waals surface area contributed by atoms with Crippen LogP contribution in [0.4, 0.5) is 11.5 Å². The predicted octanol–water partition coefficient (Wildman–Crippen LogP) is 5.04. The molecule has 1 N–H and O–H groups in total. The summed E-state index contributed by atoms with van der Waals surface area (Å²) in [6, 6.07) is 23.8. The summed E-state index contributed by atoms with van der Waals surface area (Å²) in [7, 11) is 0. The van der Waals surface area contributed by atoms with Gasteiger partial charge in [0.15, 0.2) is 0 Å². The van der Waals surface area contributed by atoms with E-state index in [4.69, 9.17) is 4.74 Å². The number of nitriles is 1. The highest BCUT2D eigenvalue weighted by molar-refractivity contribution is 6.02. The number of benzene rings is 3. The van der Waals surface area contributed by atoms with E-state index in [-0.39, 0.29) is 18.1 Å². The maximum absolute atomic E-state index is 11.2. The van der Waals surface area contributed by atoms with Crippen molar-refractivity contribution in [3.63, 3.8) is 0 Å². The zero-order chi connectivity index (χ0) is 22.3. The zero-order valence-electron chi connectivity index (χ0n) is 16.8. The predicted molar refractivity (Wildman–Crippen MR) is 122 cm³/mol. The van der Waals surface area contributed by atoms with E-state index in [1.165, 1.54) is 18.3 Å². The molecule has 0 aliphatic carbocycles. The van der Waals surface area contributed by atoms with Crippen molar-refractivity contribution in [2.75, 3.05) is 5.43 Å². The van der Waals surface area contributed by atoms with E-state index >= 15 is 0 Å². The Hall–Kier alpha value is -4.77. The number of hydrazone groups is 1. The number of anilines is 1. The van der Waals surface area contributed by atoms with Crippen LogP contribution in [0, 0.1) is 21.4 Å². The van der Waals surface area contributed by atoms with Crippen molar-refractivity contribution in [2.45, 2.75) is 6.61 Å². The van der Waals surface area contributed by atoms with Gasteiger partial charge in [-0.1, -0.05) is 48.5 Å². The van der Waals surface area contributed by atoms with Crippen molar-refractivity contribution in [1.82, 2.24) is 4.98 Å². The van der Waals surface area contributed by atoms with E-state index in [2.05, 4.69) is 21.6 Å². The lowest BCUT2D eigenvalue weighted by Gasteiger charge is -2.12. The van der Waals surface area contributed by atoms with Gasteiger partial charge in [0, 0.05) is 23.4 Å². The summed E-state index contributed by atoms with van der Waals surface area (Å²) in [6.45, 7) is 0.210. The van der Waals surface area contributed by atoms with Gasteiger partial charge in [0.05, 0.1) is 22.8 Å². The van der Waals surface area contributed by atoms with Crippen LogP contribution in [0.5, 0.6) is 5.75 Å². The van der Waals surface area contributed by atoms with Gasteiger partial charge >= 0.3 is 5.69 Å². The normalized spacial score (nSPS) is 10.7. The SMILES string of the molecule is N#Cc1ccccc1COc1ccc2ccccc2c1/C=N\Nc1ncccc1[N+](=O)[O-]. The smallest absolute Gasteiger partial charge is 0.313 e. The second kappa shape index (κ2) is 9.36. The molecule has 0 radical (unpaired) electrons. The van der Waals surface area contributed by atoms with Crippen LogP contribution in [0.1, 0.15) is 16.7 Å². The van der Waals surface area contributed by atoms with Crippen molar-refractivity contribution >= 4 is 28.5 Å². The van der Waals surface area contributed by atoms with E-state index in [0.29, 0.717) is 16.9 Å². The molecular formula is C24H17N5O3. The summed E-state index contributed by atoms with van der Waals surface area (Å²) in [5.74, 6) is 0.608. The number of ether oxygens (including phenoxy) is 1. The van der Waals surface area contributed by atoms with Crippen LogP contribution in [-0.2, 0) is 6.61 Å². The summed E-state index contributed by atoms with van der Waals surface area (Å²) < 4.78 is 6.04. The quantitative estimate of drug-likeness (QED) is 0.253. The first-order valence-corrected chi connectivity index (χ1v) is 9.68. The number of fused-ring (bicyclic) bond motifs is 1. The minimum atomic E-state index is -0.524. The fraction of sp³-hybridized carbons (Fsp3) is 0.0417. The highest BCUT2D eigenvalue weighted by atomic mass is 16.6. The Labute approximate surface area is 183 Å². The molecule has 8 heteroatoms. The average Bonchev–Trinajstić information content (AvgIpc) is 2.83. The fourth-order valence-corrected chi connectivity index (χ4v) is 3.23. The maximum atomic E-state index is 11.2. The van der Waals surface area contributed by atoms with Gasteiger partial charge in [-0.3, -0.25) is 15.5 Å². The van der Waals surface area contributed by atoms with E-state index in [1.54, 1.807) is 18.3 Å². The molecule has 32 heavy (non-hydrogen) atoms. The molecule has 0 saturated carbocycles. The topological polar surface area (TPSA) is 113 Å². The van der Waals surface area contributed by atoms with E-state index < -0.39 is 4.92 Å². The van der Waals surface area contributed by atoms with Gasteiger partial charge in [-0.25, -0.2) is 4.98 Å². The fourth-order valence-electron chi connectivity index (χ4n) is 3.23. The second-order valence-electron chi connectivity index (χ2n) is 6.75. The van der Waals surface area contributed by atoms with E-state index in [1.807, 2.05) is 48.5 Å². The number of nitro groups is 1. The third-order valence-corrected chi connectivity index (χ3v) is 4.80. The van der Waals surface area contributed by atoms with Crippen LogP contribution in [-0.4, -0.2) is 16.1 Å². The lowest BCUT2D eigenvalue weighted by molar-refractivity contribution is -0.384. The average molecular weight is 423 g/mol. The molecule has 0 aliphatic rings. The minimum Gasteiger partial charge on any atom is -0.488 e. The Morgan fingerprint density at radius 1 is 1.09 bits per heavy atom. The van der Waals surface area contributed by atoms with Gasteiger partial charge < -0.3 is 4.74 Å². The molecule has 0 bridgehead atoms. The molecule has 156 valence electrons. The molecule has 1 heterocycles. The number of nitrogens with zero attached hydrogens (tertiary/aromatic N) is 4. The molecule has 0 aliphatic heterocycles. The molecule has 1 aromatic heterocycles. The first-order chi connectivity index (χ1) is 15.7. The number of hydrogen-bond acceptors (Lipinski definition) is 7. The molecule has 0 unspecified atom stereocenters. The Kier molecular flexibility index (Phi) is 6.00. The monoisotopic (exact) mass is 423 g/mol. The first kappa shape index (κ1) is 20.5. The van der Waals surface area contributed by atoms with E-state index in [9.17, 15) is 15.4 Å². The molecule has 4 aromatic rings. The lowest BCUT2D eigenvalue weighted by atomic mass is 10.0. The highest BCUT2D eigenvalue weighted by Crippen LogP contribution is 2.28. The summed E-state index contributed by atoms with van der Waals surface area (Å²) >= 11 is 0. The third-order valence-electron chi connectivity index (χ3n) is 4.80. The van der Waals surface area contributed by atoms with Crippen LogP contribution < -0.4 is 10.2 Å². The molecular weight excluding hydrogens is 406 g/mol. The van der Waals surface area contributed by atoms with Crippen LogP contribution >= 0.6 is 0 Å². The molecule has 0 saturated heterocycles. The summed E-state index contributed by atoms with van der Waals surface area (Å²) in [4.78, 5) is 14.6. The van der Waals surface area contributed by atoms with Crippen molar-refractivity contribution in [2.24, 2.45) is 5.10 Å². The van der Waals surface area contributed by atoms with Crippen molar-refractivity contribution in [3.8, 4) is 11.8 Å². The molecule has 0 fully saturated rings. The van der Waals surface area contributed by atoms with Crippen molar-refractivity contribution in [3.05, 3.63) is 106 Å². The maximum Gasteiger partial charge on any atom is 0.313 e. The molecule has 0 amide bonds. The van der Waals surface area contributed by atoms with Gasteiger partial charge in [0.25, 0.3) is 0 Å². The lowest BCUT2D eigenvalue weighted by Crippen LogP contribution is -2.02. The van der Waals surface area contributed by atoms with Crippen LogP contribution in [0.3, 0.4) is 0 Å². The first-order valence-electron chi connectivity index (χ1n) is 9.68. The highest BCUT2D eigenvalue weighted by Gasteiger charge is 2.13. The summed E-state index contributed by atoms with van der Waals surface area (Å²) in [5.41, 5.74) is 4.49. The van der Waals surface area contributed by atoms with E-state index in [0.717, 1.165) is 16.3 Å². The summed E-state index contributed by atoms with van der Waals surface area (Å²) in [6.07, 6.45) is 3.00. The largest absolute Gasteiger partial charge is 0.488 e. The zero-order valence-corrected chi connectivity index (χ0v) is 16.8. The van der Waals surface area contributed by atoms with Crippen LogP contribution in [0.2, 0.25) is 0 Å². The Bertz CT molecular complexity index is 1360. The minimum absolute atomic E-state index is 0.0411. The van der Waals surface area contributed by atoms with Crippen molar-refractivity contribution < 1.29 is 9.66 Å². The van der Waals surface area contributed by atoms with Gasteiger partial charge in [0.2, 0.25) is 5.82 Å². The van der Waals surface area contributed by atoms with Gasteiger partial charge in [0.1, 0.15) is 12.4 Å². The number of pyridine rings is 1. The second-order valence-corrected chi connectivity index (χ2v) is 6.75. The summed E-state index contributed by atoms with van der Waals surface area (Å²) in [5, 5.41) is 26.6. The Morgan fingerprint density at radius 3 is 2.75 bits per heavy atom. The number of hydrogen-bond donors (Lipinski definition) is 1. The van der Waals surface area contributed by atoms with Crippen LogP contribution in [0.15, 0.2) is 84.1 Å². The van der Waals surface area contributed by atoms with Gasteiger partial charge in [-0.15, -0.1) is 0 Å². The number of rotatable bonds is 7. The van der Waals surface area contributed by atoms with Crippen LogP contribution in [0.25, 0.3) is 10.8 Å². The third kappa shape index (κ3) is 4.37. The van der Waals surface area contributed by atoms with Gasteiger partial charge in [-0.2, -0.15) is 10.4 Å². The standard InChI is InChI=1S/C24H17N5O3/c25-14-18-7-1-2-8-19(18)16-32-23-12-11-17-6-3-4-9-20(17)21(23)15-27-28-24-22(29(30)31)10-5-13-26-24/h1-13,15H,16H2,(H,26,28)/b27-15-. The molecule has 8 nitrogen and oxygen atoms in total. The molecule has 3 aromatic carbocycles. The molecule has 0 atom stereocenters. The number of aromatic nitrogens is 1. The molecule has 4 rings (SSSR count).